The van der Waals surface area contributed by atoms with Crippen molar-refractivity contribution < 1.29 is 0 Å². The van der Waals surface area contributed by atoms with Gasteiger partial charge in [-0.05, 0) is 74.3 Å². The van der Waals surface area contributed by atoms with Gasteiger partial charge in [-0.2, -0.15) is 11.8 Å². The molecule has 1 saturated carbocycles. The fourth-order valence-electron chi connectivity index (χ4n) is 3.12. The molecule has 0 aromatic rings. The van der Waals surface area contributed by atoms with Gasteiger partial charge < -0.3 is 5.73 Å². The minimum Gasteiger partial charge on any atom is -0.330 e. The Morgan fingerprint density at radius 3 is 2.56 bits per heavy atom. The monoisotopic (exact) mass is 243 g/mol. The van der Waals surface area contributed by atoms with Crippen molar-refractivity contribution >= 4 is 11.8 Å². The summed E-state index contributed by atoms with van der Waals surface area (Å²) in [7, 11) is 0. The van der Waals surface area contributed by atoms with E-state index in [1.54, 1.807) is 0 Å². The molecule has 0 heterocycles. The average molecular weight is 243 g/mol. The Morgan fingerprint density at radius 1 is 1.25 bits per heavy atom. The van der Waals surface area contributed by atoms with Crippen LogP contribution in [-0.2, 0) is 0 Å². The highest BCUT2D eigenvalue weighted by Gasteiger charge is 2.30. The zero-order valence-electron chi connectivity index (χ0n) is 11.2. The molecule has 0 saturated heterocycles. The van der Waals surface area contributed by atoms with Crippen molar-refractivity contribution in [1.82, 2.24) is 0 Å². The number of nitrogens with two attached hydrogens (primary N) is 1. The van der Waals surface area contributed by atoms with Crippen LogP contribution >= 0.6 is 11.8 Å². The second-order valence-corrected chi connectivity index (χ2v) is 6.69. The molecule has 16 heavy (non-hydrogen) atoms. The molecule has 0 amide bonds. The number of thioether (sulfide) groups is 1. The van der Waals surface area contributed by atoms with Crippen LogP contribution in [-0.4, -0.2) is 18.6 Å². The van der Waals surface area contributed by atoms with Gasteiger partial charge in [-0.15, -0.1) is 0 Å². The van der Waals surface area contributed by atoms with Crippen LogP contribution in [0.25, 0.3) is 0 Å². The third kappa shape index (κ3) is 4.29. The lowest BCUT2D eigenvalue weighted by molar-refractivity contribution is 0.144. The molecule has 0 aliphatic heterocycles. The van der Waals surface area contributed by atoms with Crippen LogP contribution in [0.4, 0.5) is 0 Å². The highest BCUT2D eigenvalue weighted by atomic mass is 32.2. The standard InChI is InChI=1S/C14H29NS/c1-11(2)12-6-7-14(10-15)13(9-12)5-4-8-16-3/h11-14H,4-10,15H2,1-3H3. The van der Waals surface area contributed by atoms with E-state index in [2.05, 4.69) is 20.1 Å². The van der Waals surface area contributed by atoms with Crippen molar-refractivity contribution in [2.24, 2.45) is 29.4 Å². The molecule has 1 aliphatic carbocycles. The highest BCUT2D eigenvalue weighted by molar-refractivity contribution is 7.98. The van der Waals surface area contributed by atoms with Gasteiger partial charge in [0.1, 0.15) is 0 Å². The molecule has 3 unspecified atom stereocenters. The first kappa shape index (κ1) is 14.4. The van der Waals surface area contributed by atoms with E-state index in [9.17, 15) is 0 Å². The summed E-state index contributed by atoms with van der Waals surface area (Å²) in [4.78, 5) is 0. The SMILES string of the molecule is CSCCCC1CC(C(C)C)CCC1CN. The fourth-order valence-corrected chi connectivity index (χ4v) is 3.58. The Balaban J connectivity index is 2.40. The van der Waals surface area contributed by atoms with Crippen LogP contribution < -0.4 is 5.73 Å². The lowest BCUT2D eigenvalue weighted by Gasteiger charge is -2.37. The van der Waals surface area contributed by atoms with Crippen molar-refractivity contribution in [3.63, 3.8) is 0 Å². The maximum atomic E-state index is 5.91. The molecule has 0 aromatic heterocycles. The van der Waals surface area contributed by atoms with Gasteiger partial charge in [-0.1, -0.05) is 13.8 Å². The van der Waals surface area contributed by atoms with E-state index in [1.165, 1.54) is 37.9 Å². The van der Waals surface area contributed by atoms with Crippen molar-refractivity contribution in [2.45, 2.75) is 46.0 Å². The Kier molecular flexibility index (Phi) is 6.83. The van der Waals surface area contributed by atoms with Crippen LogP contribution in [0.15, 0.2) is 0 Å². The van der Waals surface area contributed by atoms with Crippen LogP contribution in [0.2, 0.25) is 0 Å². The molecule has 2 N–H and O–H groups in total. The molecular weight excluding hydrogens is 214 g/mol. The summed E-state index contributed by atoms with van der Waals surface area (Å²) in [5.41, 5.74) is 5.91. The first-order chi connectivity index (χ1) is 7.69. The van der Waals surface area contributed by atoms with Crippen LogP contribution in [0.1, 0.15) is 46.0 Å². The quantitative estimate of drug-likeness (QED) is 0.719. The Morgan fingerprint density at radius 2 is 2.00 bits per heavy atom. The van der Waals surface area contributed by atoms with Gasteiger partial charge in [0.15, 0.2) is 0 Å². The summed E-state index contributed by atoms with van der Waals surface area (Å²) in [5.74, 6) is 4.87. The van der Waals surface area contributed by atoms with E-state index in [0.717, 1.165) is 30.2 Å². The summed E-state index contributed by atoms with van der Waals surface area (Å²) < 4.78 is 0. The number of hydrogen-bond donors (Lipinski definition) is 1. The normalized spacial score (nSPS) is 30.9. The molecule has 1 rings (SSSR count). The van der Waals surface area contributed by atoms with Crippen LogP contribution in [0, 0.1) is 23.7 Å². The maximum Gasteiger partial charge on any atom is -0.00462 e. The molecule has 1 nitrogen and oxygen atoms in total. The van der Waals surface area contributed by atoms with Gasteiger partial charge in [0.05, 0.1) is 0 Å². The highest BCUT2D eigenvalue weighted by Crippen LogP contribution is 2.39. The van der Waals surface area contributed by atoms with Gasteiger partial charge in [-0.3, -0.25) is 0 Å². The second-order valence-electron chi connectivity index (χ2n) is 5.71. The van der Waals surface area contributed by atoms with Crippen molar-refractivity contribution in [2.75, 3.05) is 18.6 Å². The second kappa shape index (κ2) is 7.60. The lowest BCUT2D eigenvalue weighted by Crippen LogP contribution is -2.32. The molecule has 1 fully saturated rings. The smallest absolute Gasteiger partial charge is 0.00462 e. The Bertz CT molecular complexity index is 182. The van der Waals surface area contributed by atoms with Crippen molar-refractivity contribution in [3.8, 4) is 0 Å². The zero-order valence-corrected chi connectivity index (χ0v) is 12.1. The van der Waals surface area contributed by atoms with E-state index < -0.39 is 0 Å². The van der Waals surface area contributed by atoms with Crippen molar-refractivity contribution in [1.29, 1.82) is 0 Å². The molecule has 3 atom stereocenters. The average Bonchev–Trinajstić information content (AvgIpc) is 2.29. The van der Waals surface area contributed by atoms with Gasteiger partial charge in [0, 0.05) is 0 Å². The lowest BCUT2D eigenvalue weighted by atomic mass is 9.69. The molecule has 0 spiro atoms. The Labute approximate surface area is 106 Å². The summed E-state index contributed by atoms with van der Waals surface area (Å²) in [6, 6.07) is 0. The summed E-state index contributed by atoms with van der Waals surface area (Å²) >= 11 is 1.97. The molecular formula is C14H29NS. The summed E-state index contributed by atoms with van der Waals surface area (Å²) in [5, 5.41) is 0. The maximum absolute atomic E-state index is 5.91. The number of hydrogen-bond acceptors (Lipinski definition) is 2. The van der Waals surface area contributed by atoms with Gasteiger partial charge >= 0.3 is 0 Å². The summed E-state index contributed by atoms with van der Waals surface area (Å²) in [6.45, 7) is 5.67. The molecule has 2 heteroatoms. The van der Waals surface area contributed by atoms with Gasteiger partial charge in [-0.25, -0.2) is 0 Å². The first-order valence-corrected chi connectivity index (χ1v) is 8.27. The van der Waals surface area contributed by atoms with E-state index in [1.807, 2.05) is 11.8 Å². The van der Waals surface area contributed by atoms with Gasteiger partial charge in [0.2, 0.25) is 0 Å². The molecule has 0 radical (unpaired) electrons. The van der Waals surface area contributed by atoms with Crippen molar-refractivity contribution in [3.05, 3.63) is 0 Å². The van der Waals surface area contributed by atoms with E-state index in [0.29, 0.717) is 0 Å². The van der Waals surface area contributed by atoms with E-state index in [-0.39, 0.29) is 0 Å². The number of rotatable bonds is 6. The zero-order chi connectivity index (χ0) is 12.0. The first-order valence-electron chi connectivity index (χ1n) is 6.88. The molecule has 1 aliphatic rings. The third-order valence-corrected chi connectivity index (χ3v) is 5.05. The molecule has 0 bridgehead atoms. The topological polar surface area (TPSA) is 26.0 Å². The third-order valence-electron chi connectivity index (χ3n) is 4.35. The largest absolute Gasteiger partial charge is 0.330 e. The van der Waals surface area contributed by atoms with Gasteiger partial charge in [0.25, 0.3) is 0 Å². The minimum atomic E-state index is 0.817. The molecule has 0 aromatic carbocycles. The fraction of sp³-hybridized carbons (Fsp3) is 1.00. The summed E-state index contributed by atoms with van der Waals surface area (Å²) in [6.07, 6.45) is 9.23. The van der Waals surface area contributed by atoms with Crippen LogP contribution in [0.5, 0.6) is 0 Å². The van der Waals surface area contributed by atoms with Crippen LogP contribution in [0.3, 0.4) is 0 Å². The van der Waals surface area contributed by atoms with E-state index in [4.69, 9.17) is 5.73 Å². The molecule has 96 valence electrons. The Hall–Kier alpha value is 0.310. The predicted octanol–water partition coefficient (Wildman–Crippen LogP) is 3.78. The minimum absolute atomic E-state index is 0.817. The van der Waals surface area contributed by atoms with E-state index >= 15 is 0 Å². The predicted molar refractivity (Wildman–Crippen MR) is 75.8 cm³/mol.